The average molecular weight is 434 g/mol. The van der Waals surface area contributed by atoms with Gasteiger partial charge in [-0.1, -0.05) is 0 Å². The van der Waals surface area contributed by atoms with Gasteiger partial charge in [0.05, 0.1) is 6.20 Å². The summed E-state index contributed by atoms with van der Waals surface area (Å²) in [5.41, 5.74) is 1.69. The standard InChI is InChI=1S/C22H23FN8O/c1-12-9-31(10-13(2)26-12)19-8-25-22(28-27-19)21-18(32)6-15(7-24-21)14-4-16-11-30(3)29-20(16)17(23)5-14/h4-8,11-13,26,32H,9-10H2,1-3H3/t12-,13?/m0/s1. The summed E-state index contributed by atoms with van der Waals surface area (Å²) in [6.45, 7) is 5.88. The van der Waals surface area contributed by atoms with Gasteiger partial charge in [0.15, 0.2) is 17.3 Å². The molecule has 9 nitrogen and oxygen atoms in total. The number of aromatic hydroxyl groups is 1. The minimum atomic E-state index is -0.429. The summed E-state index contributed by atoms with van der Waals surface area (Å²) >= 11 is 0. The minimum absolute atomic E-state index is 0.104. The molecule has 2 atom stereocenters. The van der Waals surface area contributed by atoms with Crippen LogP contribution in [-0.2, 0) is 7.05 Å². The second-order valence-corrected chi connectivity index (χ2v) is 8.30. The molecule has 4 aromatic rings. The van der Waals surface area contributed by atoms with E-state index in [1.165, 1.54) is 12.1 Å². The summed E-state index contributed by atoms with van der Waals surface area (Å²) in [6, 6.07) is 5.40. The Kier molecular flexibility index (Phi) is 4.93. The van der Waals surface area contributed by atoms with Crippen molar-refractivity contribution in [2.75, 3.05) is 18.0 Å². The molecule has 2 N–H and O–H groups in total. The number of aryl methyl sites for hydroxylation is 1. The number of halogens is 1. The Balaban J connectivity index is 1.42. The molecule has 164 valence electrons. The quantitative estimate of drug-likeness (QED) is 0.507. The summed E-state index contributed by atoms with van der Waals surface area (Å²) in [7, 11) is 1.74. The SMILES string of the molecule is CC1CN(c2cnc(-c3ncc(-c4cc(F)c5nn(C)cc5c4)cc3O)nn2)C[C@H](C)N1. The fourth-order valence-electron chi connectivity index (χ4n) is 4.20. The molecule has 1 fully saturated rings. The van der Waals surface area contributed by atoms with Gasteiger partial charge in [0.25, 0.3) is 0 Å². The van der Waals surface area contributed by atoms with Crippen LogP contribution >= 0.6 is 0 Å². The highest BCUT2D eigenvalue weighted by Gasteiger charge is 2.23. The van der Waals surface area contributed by atoms with Crippen molar-refractivity contribution in [3.05, 3.63) is 42.6 Å². The van der Waals surface area contributed by atoms with E-state index in [4.69, 9.17) is 0 Å². The zero-order valence-electron chi connectivity index (χ0n) is 18.0. The van der Waals surface area contributed by atoms with Crippen molar-refractivity contribution < 1.29 is 9.50 Å². The molecule has 0 saturated carbocycles. The zero-order chi connectivity index (χ0) is 22.4. The van der Waals surface area contributed by atoms with Gasteiger partial charge in [0, 0.05) is 55.6 Å². The molecule has 3 aromatic heterocycles. The number of pyridine rings is 1. The van der Waals surface area contributed by atoms with Crippen LogP contribution < -0.4 is 10.2 Å². The van der Waals surface area contributed by atoms with E-state index in [1.54, 1.807) is 30.3 Å². The van der Waals surface area contributed by atoms with Crippen molar-refractivity contribution in [3.63, 3.8) is 0 Å². The van der Waals surface area contributed by atoms with E-state index in [-0.39, 0.29) is 17.3 Å². The van der Waals surface area contributed by atoms with E-state index in [2.05, 4.69) is 49.3 Å². The fourth-order valence-corrected chi connectivity index (χ4v) is 4.20. The van der Waals surface area contributed by atoms with Crippen molar-refractivity contribution in [3.8, 4) is 28.4 Å². The van der Waals surface area contributed by atoms with Crippen molar-refractivity contribution in [2.24, 2.45) is 7.05 Å². The van der Waals surface area contributed by atoms with Crippen LogP contribution in [0.1, 0.15) is 13.8 Å². The molecular weight excluding hydrogens is 411 g/mol. The van der Waals surface area contributed by atoms with Crippen molar-refractivity contribution >= 4 is 16.7 Å². The van der Waals surface area contributed by atoms with Crippen LogP contribution in [0.4, 0.5) is 10.2 Å². The van der Waals surface area contributed by atoms with Crippen LogP contribution in [0.3, 0.4) is 0 Å². The maximum Gasteiger partial charge on any atom is 0.204 e. The molecule has 0 bridgehead atoms. The van der Waals surface area contributed by atoms with Crippen LogP contribution in [0, 0.1) is 5.82 Å². The number of benzene rings is 1. The topological polar surface area (TPSA) is 105 Å². The summed E-state index contributed by atoms with van der Waals surface area (Å²) in [5, 5.41) is 27.3. The van der Waals surface area contributed by atoms with Gasteiger partial charge < -0.3 is 15.3 Å². The number of hydrogen-bond acceptors (Lipinski definition) is 8. The van der Waals surface area contributed by atoms with Crippen molar-refractivity contribution in [1.29, 1.82) is 0 Å². The van der Waals surface area contributed by atoms with Gasteiger partial charge >= 0.3 is 0 Å². The first-order valence-corrected chi connectivity index (χ1v) is 10.4. The first kappa shape index (κ1) is 20.3. The largest absolute Gasteiger partial charge is 0.506 e. The number of aromatic nitrogens is 6. The van der Waals surface area contributed by atoms with Crippen LogP contribution in [0.2, 0.25) is 0 Å². The molecule has 5 rings (SSSR count). The third-order valence-corrected chi connectivity index (χ3v) is 5.52. The van der Waals surface area contributed by atoms with E-state index >= 15 is 0 Å². The molecule has 10 heteroatoms. The number of nitrogens with zero attached hydrogens (tertiary/aromatic N) is 7. The van der Waals surface area contributed by atoms with E-state index in [0.717, 1.165) is 13.1 Å². The highest BCUT2D eigenvalue weighted by Crippen LogP contribution is 2.31. The van der Waals surface area contributed by atoms with E-state index in [1.807, 2.05) is 6.07 Å². The van der Waals surface area contributed by atoms with Crippen LogP contribution in [0.25, 0.3) is 33.5 Å². The summed E-state index contributed by atoms with van der Waals surface area (Å²) < 4.78 is 16.0. The zero-order valence-corrected chi connectivity index (χ0v) is 18.0. The Hall–Kier alpha value is -3.66. The van der Waals surface area contributed by atoms with Crippen LogP contribution in [-0.4, -0.2) is 60.2 Å². The molecule has 1 unspecified atom stereocenters. The molecule has 0 amide bonds. The fraction of sp³-hybridized carbons (Fsp3) is 0.318. The average Bonchev–Trinajstić information content (AvgIpc) is 3.14. The minimum Gasteiger partial charge on any atom is -0.506 e. The number of anilines is 1. The third-order valence-electron chi connectivity index (χ3n) is 5.52. The third kappa shape index (κ3) is 3.73. The lowest BCUT2D eigenvalue weighted by molar-refractivity contribution is 0.404. The second kappa shape index (κ2) is 7.79. The number of fused-ring (bicyclic) bond motifs is 1. The van der Waals surface area contributed by atoms with Crippen molar-refractivity contribution in [1.82, 2.24) is 35.3 Å². The van der Waals surface area contributed by atoms with E-state index in [9.17, 15) is 9.50 Å². The molecule has 0 spiro atoms. The molecule has 1 aliphatic heterocycles. The van der Waals surface area contributed by atoms with Gasteiger partial charge in [-0.2, -0.15) is 5.10 Å². The smallest absolute Gasteiger partial charge is 0.204 e. The first-order chi connectivity index (χ1) is 15.4. The summed E-state index contributed by atoms with van der Waals surface area (Å²) in [6.07, 6.45) is 4.95. The lowest BCUT2D eigenvalue weighted by Crippen LogP contribution is -2.54. The number of piperazine rings is 1. The van der Waals surface area contributed by atoms with Gasteiger partial charge in [-0.3, -0.25) is 4.68 Å². The lowest BCUT2D eigenvalue weighted by atomic mass is 10.0. The Bertz CT molecular complexity index is 1280. The molecule has 4 heterocycles. The first-order valence-electron chi connectivity index (χ1n) is 10.4. The normalized spacial score (nSPS) is 18.9. The predicted molar refractivity (Wildman–Crippen MR) is 119 cm³/mol. The van der Waals surface area contributed by atoms with Gasteiger partial charge in [-0.15, -0.1) is 10.2 Å². The molecule has 1 aromatic carbocycles. The Morgan fingerprint density at radius 2 is 1.81 bits per heavy atom. The maximum atomic E-state index is 14.4. The van der Waals surface area contributed by atoms with Gasteiger partial charge in [0.2, 0.25) is 5.82 Å². The van der Waals surface area contributed by atoms with Gasteiger partial charge in [-0.25, -0.2) is 14.4 Å². The maximum absolute atomic E-state index is 14.4. The number of rotatable bonds is 3. The lowest BCUT2D eigenvalue weighted by Gasteiger charge is -2.36. The van der Waals surface area contributed by atoms with E-state index < -0.39 is 5.82 Å². The van der Waals surface area contributed by atoms with Crippen molar-refractivity contribution in [2.45, 2.75) is 25.9 Å². The molecule has 1 saturated heterocycles. The molecule has 32 heavy (non-hydrogen) atoms. The highest BCUT2D eigenvalue weighted by molar-refractivity contribution is 5.85. The highest BCUT2D eigenvalue weighted by atomic mass is 19.1. The van der Waals surface area contributed by atoms with Crippen LogP contribution in [0.5, 0.6) is 5.75 Å². The predicted octanol–water partition coefficient (Wildman–Crippen LogP) is 2.52. The summed E-state index contributed by atoms with van der Waals surface area (Å²) in [4.78, 5) is 10.8. The number of nitrogens with one attached hydrogen (secondary N) is 1. The van der Waals surface area contributed by atoms with Gasteiger partial charge in [-0.05, 0) is 37.6 Å². The van der Waals surface area contributed by atoms with Gasteiger partial charge in [0.1, 0.15) is 11.3 Å². The summed E-state index contributed by atoms with van der Waals surface area (Å²) in [5.74, 6) is 0.378. The second-order valence-electron chi connectivity index (χ2n) is 8.30. The molecule has 0 aliphatic carbocycles. The van der Waals surface area contributed by atoms with Crippen LogP contribution in [0.15, 0.2) is 36.8 Å². The molecular formula is C22H23FN8O. The Labute approximate surface area is 183 Å². The van der Waals surface area contributed by atoms with E-state index in [0.29, 0.717) is 39.9 Å². The number of hydrogen-bond donors (Lipinski definition) is 2. The molecule has 1 aliphatic rings. The molecule has 0 radical (unpaired) electrons. The Morgan fingerprint density at radius 3 is 2.50 bits per heavy atom. The monoisotopic (exact) mass is 434 g/mol. The Morgan fingerprint density at radius 1 is 1.03 bits per heavy atom.